The Morgan fingerprint density at radius 2 is 0.889 bits per heavy atom. The van der Waals surface area contributed by atoms with Crippen LogP contribution in [0.15, 0.2) is 122 Å². The van der Waals surface area contributed by atoms with E-state index in [1.165, 1.54) is 76.4 Å². The molecular weight excluding hydrogens is 436 g/mol. The summed E-state index contributed by atoms with van der Waals surface area (Å²) in [6, 6.07) is 40.3. The molecule has 0 N–H and O–H groups in total. The van der Waals surface area contributed by atoms with Crippen LogP contribution in [0.4, 0.5) is 0 Å². The molecule has 36 heavy (non-hydrogen) atoms. The molecule has 0 aliphatic heterocycles. The van der Waals surface area contributed by atoms with Gasteiger partial charge in [-0.1, -0.05) is 79.9 Å². The lowest BCUT2D eigenvalue weighted by Crippen LogP contribution is -2.30. The zero-order chi connectivity index (χ0) is 24.0. The maximum absolute atomic E-state index is 2.38. The largest absolute Gasteiger partial charge is 0.317 e. The van der Waals surface area contributed by atoms with Gasteiger partial charge in [-0.15, -0.1) is 0 Å². The van der Waals surface area contributed by atoms with Crippen molar-refractivity contribution in [1.29, 1.82) is 0 Å². The van der Waals surface area contributed by atoms with Gasteiger partial charge >= 0.3 is 0 Å². The quantitative estimate of drug-likeness (QED) is 0.246. The lowest BCUT2D eigenvalue weighted by Gasteiger charge is -2.39. The van der Waals surface area contributed by atoms with Crippen LogP contribution in [0.5, 0.6) is 0 Å². The average Bonchev–Trinajstić information content (AvgIpc) is 3.58. The van der Waals surface area contributed by atoms with Crippen LogP contribution in [0.25, 0.3) is 33.2 Å². The van der Waals surface area contributed by atoms with Crippen molar-refractivity contribution in [1.82, 2.24) is 9.13 Å². The zero-order valence-electron chi connectivity index (χ0n) is 20.5. The maximum Gasteiger partial charge on any atom is 0.0528 e. The smallest absolute Gasteiger partial charge is 0.0528 e. The first-order valence-electron chi connectivity index (χ1n) is 13.2. The van der Waals surface area contributed by atoms with Crippen molar-refractivity contribution >= 4 is 21.8 Å². The van der Waals surface area contributed by atoms with Gasteiger partial charge in [0.25, 0.3) is 0 Å². The number of rotatable bonds is 4. The lowest BCUT2D eigenvalue weighted by atomic mass is 9.65. The molecule has 1 aliphatic carbocycles. The van der Waals surface area contributed by atoms with Gasteiger partial charge in [0.1, 0.15) is 0 Å². The molecule has 2 aromatic heterocycles. The van der Waals surface area contributed by atoms with Gasteiger partial charge in [-0.25, -0.2) is 0 Å². The second-order valence-electron chi connectivity index (χ2n) is 10.2. The Bertz CT molecular complexity index is 1520. The molecule has 0 unspecified atom stereocenters. The second kappa shape index (κ2) is 8.57. The molecule has 6 aromatic rings. The van der Waals surface area contributed by atoms with Gasteiger partial charge in [0.05, 0.1) is 11.0 Å². The Morgan fingerprint density at radius 1 is 0.444 bits per heavy atom. The van der Waals surface area contributed by atoms with E-state index in [9.17, 15) is 0 Å². The normalized spacial score (nSPS) is 15.4. The zero-order valence-corrected chi connectivity index (χ0v) is 20.5. The molecule has 0 amide bonds. The molecule has 2 heterocycles. The highest BCUT2D eigenvalue weighted by Crippen LogP contribution is 2.45. The van der Waals surface area contributed by atoms with Gasteiger partial charge in [0.2, 0.25) is 0 Å². The van der Waals surface area contributed by atoms with Crippen LogP contribution in [0, 0.1) is 0 Å². The molecule has 2 nitrogen and oxygen atoms in total. The molecule has 0 atom stereocenters. The number of hydrogen-bond acceptors (Lipinski definition) is 0. The highest BCUT2D eigenvalue weighted by atomic mass is 15.0. The predicted molar refractivity (Wildman–Crippen MR) is 150 cm³/mol. The number of benzene rings is 4. The fourth-order valence-corrected chi connectivity index (χ4v) is 6.40. The van der Waals surface area contributed by atoms with E-state index in [0.29, 0.717) is 0 Å². The van der Waals surface area contributed by atoms with Crippen molar-refractivity contribution in [3.8, 4) is 11.4 Å². The molecular formula is C34H30N2. The highest BCUT2D eigenvalue weighted by Gasteiger charge is 2.35. The Labute approximate surface area is 212 Å². The first kappa shape index (κ1) is 21.3. The summed E-state index contributed by atoms with van der Waals surface area (Å²) in [5, 5.41) is 2.56. The first-order valence-corrected chi connectivity index (χ1v) is 13.2. The maximum atomic E-state index is 2.38. The van der Waals surface area contributed by atoms with Crippen LogP contribution >= 0.6 is 0 Å². The van der Waals surface area contributed by atoms with Crippen molar-refractivity contribution in [2.75, 3.05) is 0 Å². The van der Waals surface area contributed by atoms with Crippen LogP contribution in [-0.4, -0.2) is 9.13 Å². The standard InChI is InChI=1S/C34H30N2/c1-6-22-34(23-7-1,28-12-16-30(17-13-28)35-24-20-26-8-2-4-10-32(26)35)29-14-18-31(19-15-29)36-25-21-27-9-3-5-11-33(27)36/h2-5,8-21,24-25H,1,6-7,22-23H2. The molecule has 0 bridgehead atoms. The third-order valence-corrected chi connectivity index (χ3v) is 8.30. The van der Waals surface area contributed by atoms with E-state index in [1.54, 1.807) is 0 Å². The molecule has 1 fully saturated rings. The van der Waals surface area contributed by atoms with E-state index in [-0.39, 0.29) is 5.41 Å². The number of hydrogen-bond donors (Lipinski definition) is 0. The monoisotopic (exact) mass is 466 g/mol. The van der Waals surface area contributed by atoms with Gasteiger partial charge < -0.3 is 9.13 Å². The van der Waals surface area contributed by atoms with Crippen LogP contribution < -0.4 is 0 Å². The summed E-state index contributed by atoms with van der Waals surface area (Å²) in [4.78, 5) is 0. The minimum Gasteiger partial charge on any atom is -0.317 e. The van der Waals surface area contributed by atoms with Crippen molar-refractivity contribution < 1.29 is 0 Å². The summed E-state index contributed by atoms with van der Waals surface area (Å²) in [5.41, 5.74) is 7.94. The predicted octanol–water partition coefficient (Wildman–Crippen LogP) is 8.82. The molecule has 1 saturated carbocycles. The summed E-state index contributed by atoms with van der Waals surface area (Å²) >= 11 is 0. The van der Waals surface area contributed by atoms with E-state index in [2.05, 4.69) is 131 Å². The third kappa shape index (κ3) is 3.40. The summed E-state index contributed by atoms with van der Waals surface area (Å²) in [5.74, 6) is 0. The Balaban J connectivity index is 1.26. The van der Waals surface area contributed by atoms with Crippen LogP contribution in [0.3, 0.4) is 0 Å². The van der Waals surface area contributed by atoms with Crippen LogP contribution in [-0.2, 0) is 5.41 Å². The highest BCUT2D eigenvalue weighted by molar-refractivity contribution is 5.82. The van der Waals surface area contributed by atoms with Gasteiger partial charge in [0.15, 0.2) is 0 Å². The second-order valence-corrected chi connectivity index (χ2v) is 10.2. The van der Waals surface area contributed by atoms with Crippen LogP contribution in [0.1, 0.15) is 43.2 Å². The Kier molecular flexibility index (Phi) is 5.06. The SMILES string of the molecule is c1ccc2c(c1)ccn2-c1ccc(C2(c3ccc(-n4ccc5ccccc54)cc3)CCCCC2)cc1. The fraction of sp³-hybridized carbons (Fsp3) is 0.176. The van der Waals surface area contributed by atoms with Crippen molar-refractivity contribution in [2.24, 2.45) is 0 Å². The molecule has 0 saturated heterocycles. The average molecular weight is 467 g/mol. The molecule has 176 valence electrons. The number of nitrogens with zero attached hydrogens (tertiary/aromatic N) is 2. The topological polar surface area (TPSA) is 9.86 Å². The third-order valence-electron chi connectivity index (χ3n) is 8.30. The van der Waals surface area contributed by atoms with Crippen molar-refractivity contribution in [3.63, 3.8) is 0 Å². The van der Waals surface area contributed by atoms with Crippen molar-refractivity contribution in [2.45, 2.75) is 37.5 Å². The molecule has 1 aliphatic rings. The summed E-state index contributed by atoms with van der Waals surface area (Å²) in [6.45, 7) is 0. The van der Waals surface area contributed by atoms with E-state index in [1.807, 2.05) is 0 Å². The van der Waals surface area contributed by atoms with Gasteiger partial charge in [0, 0.05) is 29.2 Å². The Hall–Kier alpha value is -4.04. The molecule has 2 heteroatoms. The minimum absolute atomic E-state index is 0.0901. The first-order chi connectivity index (χ1) is 17.8. The molecule has 0 radical (unpaired) electrons. The lowest BCUT2D eigenvalue weighted by molar-refractivity contribution is 0.346. The minimum atomic E-state index is 0.0901. The number of para-hydroxylation sites is 2. The molecule has 7 rings (SSSR count). The van der Waals surface area contributed by atoms with Gasteiger partial charge in [-0.2, -0.15) is 0 Å². The number of aromatic nitrogens is 2. The van der Waals surface area contributed by atoms with Crippen molar-refractivity contribution in [3.05, 3.63) is 133 Å². The molecule has 4 aromatic carbocycles. The summed E-state index contributed by atoms with van der Waals surface area (Å²) in [7, 11) is 0. The van der Waals surface area contributed by atoms with Gasteiger partial charge in [-0.3, -0.25) is 0 Å². The van der Waals surface area contributed by atoms with E-state index >= 15 is 0 Å². The summed E-state index contributed by atoms with van der Waals surface area (Å²) in [6.07, 6.45) is 10.7. The Morgan fingerprint density at radius 3 is 1.36 bits per heavy atom. The van der Waals surface area contributed by atoms with E-state index in [4.69, 9.17) is 0 Å². The fourth-order valence-electron chi connectivity index (χ4n) is 6.40. The summed E-state index contributed by atoms with van der Waals surface area (Å²) < 4.78 is 4.59. The van der Waals surface area contributed by atoms with Gasteiger partial charge in [-0.05, 0) is 83.3 Å². The van der Waals surface area contributed by atoms with E-state index < -0.39 is 0 Å². The van der Waals surface area contributed by atoms with Crippen LogP contribution in [0.2, 0.25) is 0 Å². The van der Waals surface area contributed by atoms with E-state index in [0.717, 1.165) is 0 Å². The number of fused-ring (bicyclic) bond motifs is 2. The molecule has 0 spiro atoms.